The van der Waals surface area contributed by atoms with Crippen molar-refractivity contribution in [1.82, 2.24) is 9.78 Å². The van der Waals surface area contributed by atoms with Crippen molar-refractivity contribution in [2.24, 2.45) is 12.8 Å². The van der Waals surface area contributed by atoms with E-state index in [9.17, 15) is 18.0 Å². The Morgan fingerprint density at radius 1 is 1.16 bits per heavy atom. The molecule has 1 heterocycles. The van der Waals surface area contributed by atoms with Gasteiger partial charge in [0.15, 0.2) is 5.69 Å². The molecule has 130 valence electrons. The fourth-order valence-electron chi connectivity index (χ4n) is 2.78. The van der Waals surface area contributed by atoms with Gasteiger partial charge in [-0.15, -0.1) is 0 Å². The first-order chi connectivity index (χ1) is 11.7. The maximum atomic E-state index is 13.4. The second-order valence-corrected chi connectivity index (χ2v) is 5.49. The highest BCUT2D eigenvalue weighted by Crippen LogP contribution is 2.39. The molecular weight excluding hydrogens is 335 g/mol. The van der Waals surface area contributed by atoms with Gasteiger partial charge in [0.2, 0.25) is 0 Å². The highest BCUT2D eigenvalue weighted by molar-refractivity contribution is 6.00. The van der Waals surface area contributed by atoms with Crippen LogP contribution in [0.5, 0.6) is 5.75 Å². The van der Waals surface area contributed by atoms with Crippen LogP contribution in [0.1, 0.15) is 16.2 Å². The number of carbonyl (C=O) groups excluding carboxylic acids is 1. The molecular formula is C17H14F3N3O2. The molecule has 2 N–H and O–H groups in total. The maximum Gasteiger partial charge on any atom is 0.435 e. The second kappa shape index (κ2) is 5.80. The Kier molecular flexibility index (Phi) is 3.90. The predicted molar refractivity (Wildman–Crippen MR) is 86.2 cm³/mol. The van der Waals surface area contributed by atoms with Crippen LogP contribution in [-0.2, 0) is 13.2 Å². The number of methoxy groups -OCH3 is 1. The summed E-state index contributed by atoms with van der Waals surface area (Å²) in [7, 11) is 2.78. The smallest absolute Gasteiger partial charge is 0.435 e. The number of carbonyl (C=O) groups is 1. The first-order valence-electron chi connectivity index (χ1n) is 7.24. The third kappa shape index (κ3) is 2.90. The molecule has 0 bridgehead atoms. The average Bonchev–Trinajstić information content (AvgIpc) is 2.91. The van der Waals surface area contributed by atoms with E-state index >= 15 is 0 Å². The number of alkyl halides is 3. The van der Waals surface area contributed by atoms with Crippen molar-refractivity contribution in [3.8, 4) is 16.9 Å². The van der Waals surface area contributed by atoms with Gasteiger partial charge < -0.3 is 10.5 Å². The summed E-state index contributed by atoms with van der Waals surface area (Å²) >= 11 is 0. The molecule has 0 radical (unpaired) electrons. The van der Waals surface area contributed by atoms with Gasteiger partial charge in [0.25, 0.3) is 5.91 Å². The van der Waals surface area contributed by atoms with Gasteiger partial charge in [-0.1, -0.05) is 18.2 Å². The van der Waals surface area contributed by atoms with E-state index in [1.54, 1.807) is 30.3 Å². The van der Waals surface area contributed by atoms with Crippen LogP contribution in [0.15, 0.2) is 36.4 Å². The topological polar surface area (TPSA) is 70.1 Å². The summed E-state index contributed by atoms with van der Waals surface area (Å²) in [5.41, 5.74) is 3.74. The summed E-state index contributed by atoms with van der Waals surface area (Å²) in [5.74, 6) is -0.342. The van der Waals surface area contributed by atoms with Crippen molar-refractivity contribution in [3.05, 3.63) is 47.8 Å². The van der Waals surface area contributed by atoms with Crippen molar-refractivity contribution >= 4 is 16.7 Å². The molecule has 0 aliphatic carbocycles. The van der Waals surface area contributed by atoms with Crippen LogP contribution < -0.4 is 10.5 Å². The van der Waals surface area contributed by atoms with E-state index in [4.69, 9.17) is 10.5 Å². The van der Waals surface area contributed by atoms with Crippen molar-refractivity contribution < 1.29 is 22.7 Å². The second-order valence-electron chi connectivity index (χ2n) is 5.49. The van der Waals surface area contributed by atoms with Crippen LogP contribution in [0, 0.1) is 0 Å². The van der Waals surface area contributed by atoms with Crippen LogP contribution in [-0.4, -0.2) is 22.8 Å². The first kappa shape index (κ1) is 16.8. The Bertz CT molecular complexity index is 977. The van der Waals surface area contributed by atoms with E-state index in [0.29, 0.717) is 11.1 Å². The number of nitrogens with zero attached hydrogens (tertiary/aromatic N) is 2. The van der Waals surface area contributed by atoms with Crippen LogP contribution in [0.2, 0.25) is 0 Å². The SMILES string of the molecule is COc1ccc2cc(-c3c(C(F)(F)F)nn(C)c3C(N)=O)ccc2c1. The Labute approximate surface area is 140 Å². The van der Waals surface area contributed by atoms with Crippen molar-refractivity contribution in [3.63, 3.8) is 0 Å². The van der Waals surface area contributed by atoms with Crippen LogP contribution >= 0.6 is 0 Å². The lowest BCUT2D eigenvalue weighted by atomic mass is 9.98. The lowest BCUT2D eigenvalue weighted by molar-refractivity contribution is -0.140. The number of amides is 1. The number of hydrogen-bond acceptors (Lipinski definition) is 3. The van der Waals surface area contributed by atoms with Crippen LogP contribution in [0.3, 0.4) is 0 Å². The zero-order valence-electron chi connectivity index (χ0n) is 13.4. The van der Waals surface area contributed by atoms with Crippen LogP contribution in [0.25, 0.3) is 21.9 Å². The number of benzene rings is 2. The largest absolute Gasteiger partial charge is 0.497 e. The molecule has 0 unspecified atom stereocenters. The quantitative estimate of drug-likeness (QED) is 0.788. The van der Waals surface area contributed by atoms with Gasteiger partial charge in [0, 0.05) is 12.6 Å². The summed E-state index contributed by atoms with van der Waals surface area (Å²) < 4.78 is 46.1. The number of primary amides is 1. The number of ether oxygens (including phenoxy) is 1. The molecule has 0 fully saturated rings. The van der Waals surface area contributed by atoms with Gasteiger partial charge in [-0.3, -0.25) is 9.48 Å². The summed E-state index contributed by atoms with van der Waals surface area (Å²) in [5, 5.41) is 4.95. The third-order valence-corrected chi connectivity index (χ3v) is 3.89. The Morgan fingerprint density at radius 2 is 1.80 bits per heavy atom. The van der Waals surface area contributed by atoms with E-state index in [1.165, 1.54) is 20.2 Å². The maximum absolute atomic E-state index is 13.4. The average molecular weight is 349 g/mol. The normalized spacial score (nSPS) is 11.7. The van der Waals surface area contributed by atoms with Crippen molar-refractivity contribution in [1.29, 1.82) is 0 Å². The van der Waals surface area contributed by atoms with E-state index in [0.717, 1.165) is 10.1 Å². The molecule has 0 aliphatic rings. The zero-order chi connectivity index (χ0) is 18.4. The molecule has 0 saturated heterocycles. The van der Waals surface area contributed by atoms with E-state index in [2.05, 4.69) is 5.10 Å². The fourth-order valence-corrected chi connectivity index (χ4v) is 2.78. The lowest BCUT2D eigenvalue weighted by Crippen LogP contribution is -2.16. The summed E-state index contributed by atoms with van der Waals surface area (Å²) in [6, 6.07) is 9.92. The van der Waals surface area contributed by atoms with E-state index in [-0.39, 0.29) is 16.8 Å². The molecule has 0 atom stereocenters. The predicted octanol–water partition coefficient (Wildman–Crippen LogP) is 3.37. The minimum Gasteiger partial charge on any atom is -0.497 e. The van der Waals surface area contributed by atoms with Gasteiger partial charge in [0.1, 0.15) is 11.4 Å². The molecule has 3 aromatic rings. The molecule has 25 heavy (non-hydrogen) atoms. The molecule has 2 aromatic carbocycles. The van der Waals surface area contributed by atoms with Crippen LogP contribution in [0.4, 0.5) is 13.2 Å². The fraction of sp³-hybridized carbons (Fsp3) is 0.176. The van der Waals surface area contributed by atoms with Gasteiger partial charge in [0.05, 0.1) is 7.11 Å². The summed E-state index contributed by atoms with van der Waals surface area (Å²) in [6.07, 6.45) is -4.71. The number of aromatic nitrogens is 2. The Morgan fingerprint density at radius 3 is 2.40 bits per heavy atom. The molecule has 0 spiro atoms. The van der Waals surface area contributed by atoms with E-state index < -0.39 is 17.8 Å². The van der Waals surface area contributed by atoms with Gasteiger partial charge >= 0.3 is 6.18 Å². The highest BCUT2D eigenvalue weighted by atomic mass is 19.4. The summed E-state index contributed by atoms with van der Waals surface area (Å²) in [4.78, 5) is 11.7. The number of nitrogens with two attached hydrogens (primary N) is 1. The minimum atomic E-state index is -4.71. The number of aryl methyl sites for hydroxylation is 1. The molecule has 8 heteroatoms. The third-order valence-electron chi connectivity index (χ3n) is 3.89. The monoisotopic (exact) mass is 349 g/mol. The van der Waals surface area contributed by atoms with Crippen molar-refractivity contribution in [2.75, 3.05) is 7.11 Å². The Hall–Kier alpha value is -3.03. The number of hydrogen-bond donors (Lipinski definition) is 1. The highest BCUT2D eigenvalue weighted by Gasteiger charge is 2.40. The molecule has 1 amide bonds. The zero-order valence-corrected chi connectivity index (χ0v) is 13.4. The van der Waals surface area contributed by atoms with Gasteiger partial charge in [-0.05, 0) is 34.5 Å². The first-order valence-corrected chi connectivity index (χ1v) is 7.24. The molecule has 3 rings (SSSR count). The molecule has 5 nitrogen and oxygen atoms in total. The van der Waals surface area contributed by atoms with Gasteiger partial charge in [-0.25, -0.2) is 0 Å². The standard InChI is InChI=1S/C17H14F3N3O2/c1-23-14(16(21)24)13(15(22-23)17(18,19)20)11-4-3-10-8-12(25-2)6-5-9(10)7-11/h3-8H,1-2H3,(H2,21,24). The molecule has 1 aromatic heterocycles. The van der Waals surface area contributed by atoms with E-state index in [1.807, 2.05) is 0 Å². The number of fused-ring (bicyclic) bond motifs is 1. The molecule has 0 saturated carbocycles. The Balaban J connectivity index is 2.28. The van der Waals surface area contributed by atoms with Crippen molar-refractivity contribution in [2.45, 2.75) is 6.18 Å². The molecule has 0 aliphatic heterocycles. The minimum absolute atomic E-state index is 0.215. The lowest BCUT2D eigenvalue weighted by Gasteiger charge is -2.09. The van der Waals surface area contributed by atoms with Gasteiger partial charge in [-0.2, -0.15) is 18.3 Å². The summed E-state index contributed by atoms with van der Waals surface area (Å²) in [6.45, 7) is 0. The number of halogens is 3. The number of rotatable bonds is 3.